The Bertz CT molecular complexity index is 304. The summed E-state index contributed by atoms with van der Waals surface area (Å²) in [6.07, 6.45) is -0.689. The smallest absolute Gasteiger partial charge is 0.306 e. The van der Waals surface area contributed by atoms with Crippen LogP contribution in [0.3, 0.4) is 0 Å². The fraction of sp³-hybridized carbons (Fsp3) is 0.667. The largest absolute Gasteiger partial charge is 0.481 e. The zero-order chi connectivity index (χ0) is 11.2. The summed E-state index contributed by atoms with van der Waals surface area (Å²) >= 11 is 0. The van der Waals surface area contributed by atoms with Gasteiger partial charge in [-0.05, 0) is 0 Å². The van der Waals surface area contributed by atoms with Gasteiger partial charge in [-0.15, -0.1) is 0 Å². The summed E-state index contributed by atoms with van der Waals surface area (Å²) in [4.78, 5) is 20.7. The van der Waals surface area contributed by atoms with E-state index in [4.69, 9.17) is 9.66 Å². The van der Waals surface area contributed by atoms with E-state index < -0.39 is 34.4 Å². The Morgan fingerprint density at radius 2 is 1.79 bits per heavy atom. The molecule has 82 valence electrons. The van der Waals surface area contributed by atoms with Crippen LogP contribution in [-0.2, 0) is 24.4 Å². The lowest BCUT2D eigenvalue weighted by Gasteiger charge is -2.01. The first kappa shape index (κ1) is 12.8. The van der Waals surface area contributed by atoms with E-state index >= 15 is 0 Å². The average Bonchev–Trinajstić information content (AvgIpc) is 1.98. The van der Waals surface area contributed by atoms with E-state index in [1.165, 1.54) is 0 Å². The Hall–Kier alpha value is -1.15. The van der Waals surface area contributed by atoms with E-state index in [2.05, 4.69) is 4.74 Å². The second kappa shape index (κ2) is 5.55. The van der Waals surface area contributed by atoms with Gasteiger partial charge >= 0.3 is 11.9 Å². The number of carbonyl (C=O) groups is 2. The predicted molar refractivity (Wildman–Crippen MR) is 44.2 cm³/mol. The number of carboxylic acids is 1. The molecule has 0 saturated heterocycles. The maximum atomic E-state index is 10.7. The highest BCUT2D eigenvalue weighted by Crippen LogP contribution is 1.93. The molecule has 7 nitrogen and oxygen atoms in total. The van der Waals surface area contributed by atoms with E-state index in [0.29, 0.717) is 0 Å². The van der Waals surface area contributed by atoms with Gasteiger partial charge in [-0.2, -0.15) is 8.42 Å². The third-order valence-corrected chi connectivity index (χ3v) is 1.83. The van der Waals surface area contributed by atoms with Crippen molar-refractivity contribution in [2.45, 2.75) is 12.8 Å². The molecular formula is C6H10O7S. The van der Waals surface area contributed by atoms with Crippen molar-refractivity contribution in [1.82, 2.24) is 0 Å². The molecule has 0 atom stereocenters. The Kier molecular flexibility index (Phi) is 5.10. The van der Waals surface area contributed by atoms with Crippen LogP contribution in [0.4, 0.5) is 0 Å². The highest BCUT2D eigenvalue weighted by atomic mass is 32.2. The maximum Gasteiger partial charge on any atom is 0.306 e. The summed E-state index contributed by atoms with van der Waals surface area (Å²) in [6.45, 7) is -0.475. The molecule has 0 bridgehead atoms. The quantitative estimate of drug-likeness (QED) is 0.453. The number of rotatable bonds is 6. The molecule has 0 aromatic heterocycles. The van der Waals surface area contributed by atoms with E-state index in [0.717, 1.165) is 0 Å². The summed E-state index contributed by atoms with van der Waals surface area (Å²) in [5.41, 5.74) is 0. The first-order valence-electron chi connectivity index (χ1n) is 3.64. The molecule has 0 unspecified atom stereocenters. The molecule has 14 heavy (non-hydrogen) atoms. The lowest BCUT2D eigenvalue weighted by atomic mass is 10.3. The maximum absolute atomic E-state index is 10.7. The van der Waals surface area contributed by atoms with Gasteiger partial charge in [-0.25, -0.2) is 0 Å². The Balaban J connectivity index is 3.60. The van der Waals surface area contributed by atoms with Gasteiger partial charge in [0, 0.05) is 0 Å². The summed E-state index contributed by atoms with van der Waals surface area (Å²) in [6, 6.07) is 0. The Labute approximate surface area is 80.4 Å². The fourth-order valence-electron chi connectivity index (χ4n) is 0.542. The van der Waals surface area contributed by atoms with Crippen molar-refractivity contribution in [3.63, 3.8) is 0 Å². The van der Waals surface area contributed by atoms with Gasteiger partial charge in [0.05, 0.1) is 12.8 Å². The van der Waals surface area contributed by atoms with Gasteiger partial charge in [0.1, 0.15) is 12.4 Å². The number of ether oxygens (including phenoxy) is 1. The zero-order valence-electron chi connectivity index (χ0n) is 7.17. The summed E-state index contributed by atoms with van der Waals surface area (Å²) in [5.74, 6) is -2.64. The van der Waals surface area contributed by atoms with Crippen molar-refractivity contribution in [1.29, 1.82) is 0 Å². The lowest BCUT2D eigenvalue weighted by Crippen LogP contribution is -2.15. The van der Waals surface area contributed by atoms with E-state index in [9.17, 15) is 18.0 Å². The SMILES string of the molecule is O=C(O)CCC(=O)OCCS(=O)(=O)O. The molecule has 8 heteroatoms. The average molecular weight is 226 g/mol. The number of hydrogen-bond acceptors (Lipinski definition) is 5. The molecule has 0 aromatic carbocycles. The number of carbonyl (C=O) groups excluding carboxylic acids is 1. The van der Waals surface area contributed by atoms with Crippen LogP contribution < -0.4 is 0 Å². The van der Waals surface area contributed by atoms with Gasteiger partial charge < -0.3 is 9.84 Å². The molecule has 0 rings (SSSR count). The van der Waals surface area contributed by atoms with E-state index in [1.54, 1.807) is 0 Å². The predicted octanol–water partition coefficient (Wildman–Crippen LogP) is -0.718. The van der Waals surface area contributed by atoms with Gasteiger partial charge in [-0.1, -0.05) is 0 Å². The van der Waals surface area contributed by atoms with Gasteiger partial charge in [0.2, 0.25) is 0 Å². The first-order chi connectivity index (χ1) is 6.31. The second-order valence-corrected chi connectivity index (χ2v) is 3.97. The van der Waals surface area contributed by atoms with Crippen LogP contribution >= 0.6 is 0 Å². The molecule has 0 fully saturated rings. The molecule has 0 aliphatic carbocycles. The van der Waals surface area contributed by atoms with Crippen LogP contribution in [-0.4, -0.2) is 42.4 Å². The van der Waals surface area contributed by atoms with Crippen LogP contribution in [0, 0.1) is 0 Å². The van der Waals surface area contributed by atoms with Crippen molar-refractivity contribution in [2.24, 2.45) is 0 Å². The molecule has 0 aliphatic rings. The first-order valence-corrected chi connectivity index (χ1v) is 5.25. The lowest BCUT2D eigenvalue weighted by molar-refractivity contribution is -0.147. The number of hydrogen-bond donors (Lipinski definition) is 2. The van der Waals surface area contributed by atoms with Gasteiger partial charge in [-0.3, -0.25) is 14.1 Å². The molecule has 0 saturated carbocycles. The minimum absolute atomic E-state index is 0.319. The highest BCUT2D eigenvalue weighted by molar-refractivity contribution is 7.85. The van der Waals surface area contributed by atoms with Crippen LogP contribution in [0.2, 0.25) is 0 Å². The topological polar surface area (TPSA) is 118 Å². The Morgan fingerprint density at radius 1 is 1.21 bits per heavy atom. The molecule has 0 spiro atoms. The molecule has 0 heterocycles. The van der Waals surface area contributed by atoms with Crippen LogP contribution in [0.1, 0.15) is 12.8 Å². The minimum Gasteiger partial charge on any atom is -0.481 e. The molecule has 0 aliphatic heterocycles. The normalized spacial score (nSPS) is 10.9. The summed E-state index contributed by atoms with van der Waals surface area (Å²) < 4.78 is 32.9. The molecule has 0 amide bonds. The van der Waals surface area contributed by atoms with E-state index in [-0.39, 0.29) is 12.8 Å². The molecule has 0 aromatic rings. The summed E-state index contributed by atoms with van der Waals surface area (Å²) in [7, 11) is -4.14. The number of carboxylic acid groups (broad SMARTS) is 1. The van der Waals surface area contributed by atoms with Crippen molar-refractivity contribution >= 4 is 22.1 Å². The standard InChI is InChI=1S/C6H10O7S/c7-5(8)1-2-6(9)13-3-4-14(10,11)12/h1-4H2,(H,7,8)(H,10,11,12). The van der Waals surface area contributed by atoms with Crippen molar-refractivity contribution < 1.29 is 32.4 Å². The third kappa shape index (κ3) is 8.94. The van der Waals surface area contributed by atoms with Gasteiger partial charge in [0.15, 0.2) is 0 Å². The number of esters is 1. The molecule has 0 radical (unpaired) electrons. The fourth-order valence-corrected chi connectivity index (χ4v) is 0.836. The third-order valence-electron chi connectivity index (χ3n) is 1.15. The van der Waals surface area contributed by atoms with Crippen LogP contribution in [0.5, 0.6) is 0 Å². The van der Waals surface area contributed by atoms with Crippen LogP contribution in [0.25, 0.3) is 0 Å². The zero-order valence-corrected chi connectivity index (χ0v) is 7.99. The Morgan fingerprint density at radius 3 is 2.21 bits per heavy atom. The minimum atomic E-state index is -4.14. The molecule has 2 N–H and O–H groups in total. The summed E-state index contributed by atoms with van der Waals surface area (Å²) in [5, 5.41) is 8.17. The highest BCUT2D eigenvalue weighted by Gasteiger charge is 2.09. The van der Waals surface area contributed by atoms with Crippen molar-refractivity contribution in [2.75, 3.05) is 12.4 Å². The van der Waals surface area contributed by atoms with Crippen molar-refractivity contribution in [3.8, 4) is 0 Å². The second-order valence-electron chi connectivity index (χ2n) is 2.40. The van der Waals surface area contributed by atoms with E-state index in [1.807, 2.05) is 0 Å². The van der Waals surface area contributed by atoms with Gasteiger partial charge in [0.25, 0.3) is 10.1 Å². The van der Waals surface area contributed by atoms with Crippen molar-refractivity contribution in [3.05, 3.63) is 0 Å². The monoisotopic (exact) mass is 226 g/mol. The molecular weight excluding hydrogens is 216 g/mol. The number of aliphatic carboxylic acids is 1. The van der Waals surface area contributed by atoms with Crippen LogP contribution in [0.15, 0.2) is 0 Å².